The van der Waals surface area contributed by atoms with Crippen molar-refractivity contribution in [1.82, 2.24) is 4.90 Å². The first-order valence-electron chi connectivity index (χ1n) is 7.90. The lowest BCUT2D eigenvalue weighted by Crippen LogP contribution is -2.41. The molecule has 0 fully saturated rings. The molecule has 2 N–H and O–H groups in total. The van der Waals surface area contributed by atoms with Gasteiger partial charge in [0.05, 0.1) is 5.54 Å². The van der Waals surface area contributed by atoms with E-state index < -0.39 is 0 Å². The van der Waals surface area contributed by atoms with Gasteiger partial charge in [-0.05, 0) is 41.7 Å². The Morgan fingerprint density at radius 3 is 2.61 bits per heavy atom. The van der Waals surface area contributed by atoms with Gasteiger partial charge < -0.3 is 10.6 Å². The van der Waals surface area contributed by atoms with Crippen molar-refractivity contribution in [1.29, 1.82) is 0 Å². The van der Waals surface area contributed by atoms with Gasteiger partial charge in [0, 0.05) is 30.6 Å². The Bertz CT molecular complexity index is 709. The van der Waals surface area contributed by atoms with E-state index in [0.29, 0.717) is 5.70 Å². The van der Waals surface area contributed by atoms with E-state index in [-0.39, 0.29) is 11.0 Å². The number of nitrogens with two attached hydrogens (primary N) is 1. The van der Waals surface area contributed by atoms with Crippen LogP contribution >= 0.6 is 0 Å². The number of likely N-dealkylation sites (N-methyl/N-ethyl adjacent to an activating group) is 1. The van der Waals surface area contributed by atoms with Crippen molar-refractivity contribution in [2.45, 2.75) is 32.7 Å². The Balaban J connectivity index is 2.40. The molecule has 0 saturated heterocycles. The van der Waals surface area contributed by atoms with Gasteiger partial charge in [0.15, 0.2) is 0 Å². The number of nitrogens with zero attached hydrogens (tertiary/aromatic N) is 1. The summed E-state index contributed by atoms with van der Waals surface area (Å²) in [5, 5.41) is 0. The van der Waals surface area contributed by atoms with Crippen LogP contribution in [0.3, 0.4) is 0 Å². The maximum absolute atomic E-state index is 5.84. The molecule has 0 aromatic heterocycles. The van der Waals surface area contributed by atoms with Crippen LogP contribution in [0.5, 0.6) is 0 Å². The van der Waals surface area contributed by atoms with E-state index >= 15 is 0 Å². The van der Waals surface area contributed by atoms with Gasteiger partial charge in [0.1, 0.15) is 0 Å². The van der Waals surface area contributed by atoms with Crippen molar-refractivity contribution in [3.63, 3.8) is 0 Å². The SMILES string of the molecule is C=CC1(N(C)C2=CC=C(N)C=C=C2)C=C=CC(C(C)(C)C)=CC1. The molecule has 0 heterocycles. The monoisotopic (exact) mass is 306 g/mol. The molecule has 120 valence electrons. The molecule has 2 aliphatic carbocycles. The van der Waals surface area contributed by atoms with Crippen molar-refractivity contribution in [2.75, 3.05) is 7.05 Å². The summed E-state index contributed by atoms with van der Waals surface area (Å²) in [6.45, 7) is 10.7. The Morgan fingerprint density at radius 1 is 1.22 bits per heavy atom. The van der Waals surface area contributed by atoms with Gasteiger partial charge in [0.25, 0.3) is 0 Å². The van der Waals surface area contributed by atoms with Gasteiger partial charge in [0.2, 0.25) is 0 Å². The first kappa shape index (κ1) is 17.0. The molecule has 1 unspecified atom stereocenters. The fourth-order valence-corrected chi connectivity index (χ4v) is 2.65. The van der Waals surface area contributed by atoms with Crippen LogP contribution in [0.15, 0.2) is 83.6 Å². The highest BCUT2D eigenvalue weighted by Crippen LogP contribution is 2.33. The number of allylic oxidation sites excluding steroid dienone is 5. The van der Waals surface area contributed by atoms with Crippen LogP contribution in [-0.4, -0.2) is 17.5 Å². The van der Waals surface area contributed by atoms with Crippen LogP contribution in [0, 0.1) is 5.41 Å². The van der Waals surface area contributed by atoms with Gasteiger partial charge >= 0.3 is 0 Å². The van der Waals surface area contributed by atoms with E-state index in [4.69, 9.17) is 5.73 Å². The molecule has 23 heavy (non-hydrogen) atoms. The lowest BCUT2D eigenvalue weighted by Gasteiger charge is -2.38. The molecule has 1 atom stereocenters. The largest absolute Gasteiger partial charge is 0.398 e. The van der Waals surface area contributed by atoms with Crippen LogP contribution in [0.2, 0.25) is 0 Å². The minimum Gasteiger partial charge on any atom is -0.398 e. The molecule has 2 nitrogen and oxygen atoms in total. The molecule has 0 spiro atoms. The third-order valence-corrected chi connectivity index (χ3v) is 4.38. The second kappa shape index (κ2) is 6.38. The summed E-state index contributed by atoms with van der Waals surface area (Å²) in [6, 6.07) is 0. The molecule has 0 bridgehead atoms. The zero-order valence-corrected chi connectivity index (χ0v) is 14.6. The summed E-state index contributed by atoms with van der Waals surface area (Å²) < 4.78 is 0. The highest BCUT2D eigenvalue weighted by molar-refractivity contribution is 5.38. The highest BCUT2D eigenvalue weighted by Gasteiger charge is 2.30. The quantitative estimate of drug-likeness (QED) is 0.619. The predicted molar refractivity (Wildman–Crippen MR) is 98.5 cm³/mol. The smallest absolute Gasteiger partial charge is 0.0870 e. The number of hydrogen-bond acceptors (Lipinski definition) is 2. The minimum atomic E-state index is -0.319. The molecule has 2 rings (SSSR count). The predicted octanol–water partition coefficient (Wildman–Crippen LogP) is 4.38. The van der Waals surface area contributed by atoms with Crippen molar-refractivity contribution in [3.8, 4) is 0 Å². The van der Waals surface area contributed by atoms with Crippen molar-refractivity contribution < 1.29 is 0 Å². The van der Waals surface area contributed by atoms with E-state index in [1.807, 2.05) is 24.3 Å². The van der Waals surface area contributed by atoms with Crippen LogP contribution in [0.4, 0.5) is 0 Å². The fourth-order valence-electron chi connectivity index (χ4n) is 2.65. The van der Waals surface area contributed by atoms with Gasteiger partial charge in [-0.1, -0.05) is 32.9 Å². The highest BCUT2D eigenvalue weighted by atomic mass is 15.2. The summed E-state index contributed by atoms with van der Waals surface area (Å²) in [6.07, 6.45) is 16.9. The van der Waals surface area contributed by atoms with Gasteiger partial charge in [-0.25, -0.2) is 0 Å². The van der Waals surface area contributed by atoms with Crippen molar-refractivity contribution >= 4 is 0 Å². The second-order valence-electron chi connectivity index (χ2n) is 7.04. The summed E-state index contributed by atoms with van der Waals surface area (Å²) in [5.41, 5.74) is 15.1. The lowest BCUT2D eigenvalue weighted by molar-refractivity contribution is 0.282. The zero-order valence-electron chi connectivity index (χ0n) is 14.6. The molecule has 0 aromatic rings. The van der Waals surface area contributed by atoms with Gasteiger partial charge in [-0.3, -0.25) is 0 Å². The number of hydrogen-bond donors (Lipinski definition) is 1. The molecular weight excluding hydrogens is 280 g/mol. The van der Waals surface area contributed by atoms with Crippen molar-refractivity contribution in [2.24, 2.45) is 11.1 Å². The van der Waals surface area contributed by atoms with Crippen LogP contribution in [0.1, 0.15) is 27.2 Å². The maximum atomic E-state index is 5.84. The van der Waals surface area contributed by atoms with Gasteiger partial charge in [-0.2, -0.15) is 0 Å². The summed E-state index contributed by atoms with van der Waals surface area (Å²) in [7, 11) is 2.06. The molecule has 0 radical (unpaired) electrons. The first-order chi connectivity index (χ1) is 10.8. The minimum absolute atomic E-state index is 0.109. The van der Waals surface area contributed by atoms with Crippen molar-refractivity contribution in [3.05, 3.63) is 83.6 Å². The average molecular weight is 306 g/mol. The Morgan fingerprint density at radius 2 is 1.96 bits per heavy atom. The fraction of sp³-hybridized carbons (Fsp3) is 0.333. The molecule has 2 heteroatoms. The third-order valence-electron chi connectivity index (χ3n) is 4.38. The van der Waals surface area contributed by atoms with Crippen LogP contribution < -0.4 is 5.73 Å². The summed E-state index contributed by atoms with van der Waals surface area (Å²) >= 11 is 0. The van der Waals surface area contributed by atoms with E-state index in [1.54, 1.807) is 6.08 Å². The lowest BCUT2D eigenvalue weighted by atomic mass is 9.84. The Hall–Kier alpha value is -2.40. The Labute approximate surface area is 140 Å². The summed E-state index contributed by atoms with van der Waals surface area (Å²) in [5.74, 6) is 0. The van der Waals surface area contributed by atoms with E-state index in [2.05, 4.69) is 69.0 Å². The molecule has 0 aliphatic heterocycles. The van der Waals surface area contributed by atoms with Gasteiger partial charge in [-0.15, -0.1) is 18.0 Å². The van der Waals surface area contributed by atoms with Crippen LogP contribution in [-0.2, 0) is 0 Å². The second-order valence-corrected chi connectivity index (χ2v) is 7.04. The number of rotatable bonds is 3. The van der Waals surface area contributed by atoms with E-state index in [0.717, 1.165) is 12.1 Å². The maximum Gasteiger partial charge on any atom is 0.0870 e. The molecular formula is C21H26N2. The standard InChI is InChI=1S/C21H26N2/c1-6-21(15-8-9-17(14-16-21)20(2,3)4)23(5)19-11-7-10-18(22)12-13-19/h6,9-15H,1,16,22H2,2-5H3. The van der Waals surface area contributed by atoms with E-state index in [1.165, 1.54) is 5.57 Å². The topological polar surface area (TPSA) is 29.3 Å². The molecule has 2 aliphatic rings. The third kappa shape index (κ3) is 3.68. The zero-order chi connectivity index (χ0) is 17.1. The van der Waals surface area contributed by atoms with E-state index in [9.17, 15) is 0 Å². The normalized spacial score (nSPS) is 23.6. The molecule has 0 saturated carbocycles. The first-order valence-corrected chi connectivity index (χ1v) is 7.90. The summed E-state index contributed by atoms with van der Waals surface area (Å²) in [4.78, 5) is 2.19. The average Bonchev–Trinajstić information content (AvgIpc) is 2.84. The molecule has 0 aromatic carbocycles. The Kier molecular flexibility index (Phi) is 4.71. The molecule has 0 amide bonds. The van der Waals surface area contributed by atoms with Crippen LogP contribution in [0.25, 0.3) is 0 Å².